The summed E-state index contributed by atoms with van der Waals surface area (Å²) in [6.07, 6.45) is 1.44. The van der Waals surface area contributed by atoms with E-state index in [4.69, 9.17) is 21.1 Å². The van der Waals surface area contributed by atoms with Gasteiger partial charge in [0, 0.05) is 19.6 Å². The van der Waals surface area contributed by atoms with Gasteiger partial charge in [0.05, 0.1) is 47.0 Å². The van der Waals surface area contributed by atoms with E-state index in [1.54, 1.807) is 38.1 Å². The second-order valence-electron chi connectivity index (χ2n) is 10.5. The van der Waals surface area contributed by atoms with Gasteiger partial charge in [-0.2, -0.15) is 4.98 Å². The normalized spacial score (nSPS) is 15.3. The van der Waals surface area contributed by atoms with Crippen LogP contribution in [0.3, 0.4) is 0 Å². The van der Waals surface area contributed by atoms with Crippen molar-refractivity contribution in [3.63, 3.8) is 0 Å². The molecule has 0 bridgehead atoms. The highest BCUT2D eigenvalue weighted by molar-refractivity contribution is 7.92. The van der Waals surface area contributed by atoms with Gasteiger partial charge >= 0.3 is 0 Å². The van der Waals surface area contributed by atoms with Gasteiger partial charge in [-0.15, -0.1) is 0 Å². The van der Waals surface area contributed by atoms with Crippen LogP contribution in [0.5, 0.6) is 5.75 Å². The fourth-order valence-corrected chi connectivity index (χ4v) is 5.75. The molecule has 1 fully saturated rings. The van der Waals surface area contributed by atoms with Crippen molar-refractivity contribution >= 4 is 44.6 Å². The maximum atomic E-state index is 12.9. The molecule has 1 saturated heterocycles. The zero-order chi connectivity index (χ0) is 28.9. The van der Waals surface area contributed by atoms with E-state index in [2.05, 4.69) is 44.6 Å². The summed E-state index contributed by atoms with van der Waals surface area (Å²) in [4.78, 5) is 11.5. The quantitative estimate of drug-likeness (QED) is 0.278. The van der Waals surface area contributed by atoms with Crippen LogP contribution in [0, 0.1) is 0 Å². The van der Waals surface area contributed by atoms with Crippen molar-refractivity contribution < 1.29 is 17.9 Å². The predicted molar refractivity (Wildman–Crippen MR) is 160 cm³/mol. The van der Waals surface area contributed by atoms with Crippen molar-refractivity contribution in [2.75, 3.05) is 43.5 Å². The molecule has 0 amide bonds. The minimum atomic E-state index is -3.53. The van der Waals surface area contributed by atoms with E-state index in [1.165, 1.54) is 11.8 Å². The highest BCUT2D eigenvalue weighted by Crippen LogP contribution is 2.34. The number of aromatic nitrogens is 2. The van der Waals surface area contributed by atoms with Gasteiger partial charge in [0.25, 0.3) is 0 Å². The number of ether oxygens (including phenoxy) is 2. The van der Waals surface area contributed by atoms with Gasteiger partial charge in [-0.3, -0.25) is 4.90 Å². The number of anilines is 4. The lowest BCUT2D eigenvalue weighted by Gasteiger charge is -2.29. The van der Waals surface area contributed by atoms with Gasteiger partial charge in [0.1, 0.15) is 10.8 Å². The summed E-state index contributed by atoms with van der Waals surface area (Å²) in [7, 11) is -3.53. The molecule has 9 nitrogen and oxygen atoms in total. The van der Waals surface area contributed by atoms with Crippen molar-refractivity contribution in [1.29, 1.82) is 0 Å². The molecule has 4 rings (SSSR count). The third kappa shape index (κ3) is 7.42. The Kier molecular flexibility index (Phi) is 9.89. The summed E-state index contributed by atoms with van der Waals surface area (Å²) in [5.41, 5.74) is 2.28. The summed E-state index contributed by atoms with van der Waals surface area (Å²) in [5, 5.41) is 6.02. The van der Waals surface area contributed by atoms with Gasteiger partial charge in [0.2, 0.25) is 5.95 Å². The average molecular weight is 588 g/mol. The molecule has 1 aliphatic rings. The van der Waals surface area contributed by atoms with Crippen LogP contribution < -0.4 is 15.4 Å². The molecule has 216 valence electrons. The number of benzene rings is 2. The molecular weight excluding hydrogens is 550 g/mol. The van der Waals surface area contributed by atoms with Crippen molar-refractivity contribution in [2.45, 2.75) is 56.8 Å². The van der Waals surface area contributed by atoms with Gasteiger partial charge in [-0.05, 0) is 63.4 Å². The van der Waals surface area contributed by atoms with Gasteiger partial charge in [-0.1, -0.05) is 36.7 Å². The lowest BCUT2D eigenvalue weighted by atomic mass is 9.99. The molecule has 0 radical (unpaired) electrons. The monoisotopic (exact) mass is 587 g/mol. The van der Waals surface area contributed by atoms with Crippen LogP contribution in [0.1, 0.15) is 46.1 Å². The molecule has 1 aromatic heterocycles. The number of para-hydroxylation sites is 1. The van der Waals surface area contributed by atoms with Crippen LogP contribution in [0.25, 0.3) is 0 Å². The first-order chi connectivity index (χ1) is 19.0. The third-order valence-electron chi connectivity index (χ3n) is 6.63. The van der Waals surface area contributed by atoms with Crippen LogP contribution in [0.15, 0.2) is 53.6 Å². The van der Waals surface area contributed by atoms with E-state index in [-0.39, 0.29) is 21.8 Å². The Balaban J connectivity index is 1.58. The first kappa shape index (κ1) is 30.0. The average Bonchev–Trinajstić information content (AvgIpc) is 2.92. The SMILES string of the molecule is CC(C)Oc1cc(C(C)CN2CCOCC2)ccc1Nc1ncc(Cl)c(Nc2ccccc2S(=O)(=O)C(C)C)n1. The number of sulfone groups is 1. The Morgan fingerprint density at radius 2 is 1.75 bits per heavy atom. The lowest BCUT2D eigenvalue weighted by molar-refractivity contribution is 0.0357. The minimum absolute atomic E-state index is 0.0341. The number of halogens is 1. The first-order valence-corrected chi connectivity index (χ1v) is 15.5. The fraction of sp³-hybridized carbons (Fsp3) is 0.448. The van der Waals surface area contributed by atoms with E-state index >= 15 is 0 Å². The number of nitrogens with one attached hydrogen (secondary N) is 2. The maximum absolute atomic E-state index is 12.9. The Morgan fingerprint density at radius 1 is 1.02 bits per heavy atom. The molecule has 1 aliphatic heterocycles. The molecule has 2 N–H and O–H groups in total. The molecule has 3 aromatic rings. The topological polar surface area (TPSA) is 106 Å². The van der Waals surface area contributed by atoms with Crippen molar-refractivity contribution in [3.8, 4) is 5.75 Å². The largest absolute Gasteiger partial charge is 0.489 e. The second kappa shape index (κ2) is 13.2. The summed E-state index contributed by atoms with van der Waals surface area (Å²) < 4.78 is 37.5. The van der Waals surface area contributed by atoms with Crippen molar-refractivity contribution in [1.82, 2.24) is 14.9 Å². The summed E-state index contributed by atoms with van der Waals surface area (Å²) >= 11 is 6.41. The molecule has 0 saturated carbocycles. The molecule has 1 unspecified atom stereocenters. The zero-order valence-corrected chi connectivity index (χ0v) is 25.2. The number of hydrogen-bond donors (Lipinski definition) is 2. The van der Waals surface area contributed by atoms with Crippen molar-refractivity contribution in [2.24, 2.45) is 0 Å². The Hall–Kier alpha value is -2.92. The third-order valence-corrected chi connectivity index (χ3v) is 9.12. The Labute approximate surface area is 242 Å². The summed E-state index contributed by atoms with van der Waals surface area (Å²) in [6.45, 7) is 13.9. The van der Waals surface area contributed by atoms with E-state index in [0.29, 0.717) is 29.0 Å². The minimum Gasteiger partial charge on any atom is -0.489 e. The summed E-state index contributed by atoms with van der Waals surface area (Å²) in [5.74, 6) is 1.58. The van der Waals surface area contributed by atoms with Crippen LogP contribution in [-0.2, 0) is 14.6 Å². The molecule has 1 atom stereocenters. The van der Waals surface area contributed by atoms with Crippen LogP contribution in [-0.4, -0.2) is 67.5 Å². The molecular formula is C29H38ClN5O4S. The van der Waals surface area contributed by atoms with Crippen LogP contribution >= 0.6 is 11.6 Å². The molecule has 11 heteroatoms. The van der Waals surface area contributed by atoms with E-state index in [9.17, 15) is 8.42 Å². The maximum Gasteiger partial charge on any atom is 0.229 e. The second-order valence-corrected chi connectivity index (χ2v) is 13.3. The van der Waals surface area contributed by atoms with Gasteiger partial charge in [0.15, 0.2) is 15.7 Å². The lowest BCUT2D eigenvalue weighted by Crippen LogP contribution is -2.38. The highest BCUT2D eigenvalue weighted by Gasteiger charge is 2.23. The first-order valence-electron chi connectivity index (χ1n) is 13.5. The standard InChI is InChI=1S/C29H38ClN5O4S/c1-19(2)39-26-16-22(21(5)18-35-12-14-38-15-13-35)10-11-24(26)33-29-31-17-23(30)28(34-29)32-25-8-6-7-9-27(25)40(36,37)20(3)4/h6-11,16-17,19-21H,12-15,18H2,1-5H3,(H2,31,32,33,34). The molecule has 40 heavy (non-hydrogen) atoms. The Morgan fingerprint density at radius 3 is 2.45 bits per heavy atom. The van der Waals surface area contributed by atoms with Gasteiger partial charge < -0.3 is 20.1 Å². The Bertz CT molecular complexity index is 1410. The highest BCUT2D eigenvalue weighted by atomic mass is 35.5. The van der Waals surface area contributed by atoms with E-state index in [0.717, 1.165) is 32.8 Å². The molecule has 2 heterocycles. The predicted octanol–water partition coefficient (Wildman–Crippen LogP) is 6.02. The number of rotatable bonds is 11. The number of nitrogens with zero attached hydrogens (tertiary/aromatic N) is 3. The van der Waals surface area contributed by atoms with Crippen molar-refractivity contribution in [3.05, 3.63) is 59.2 Å². The van der Waals surface area contributed by atoms with Crippen LogP contribution in [0.2, 0.25) is 5.02 Å². The smallest absolute Gasteiger partial charge is 0.229 e. The molecule has 0 aliphatic carbocycles. The van der Waals surface area contributed by atoms with Crippen LogP contribution in [0.4, 0.5) is 23.1 Å². The fourth-order valence-electron chi connectivity index (χ4n) is 4.41. The molecule has 0 spiro atoms. The summed E-state index contributed by atoms with van der Waals surface area (Å²) in [6, 6.07) is 12.8. The van der Waals surface area contributed by atoms with E-state index in [1.807, 2.05) is 19.9 Å². The number of morpholine rings is 1. The van der Waals surface area contributed by atoms with E-state index < -0.39 is 15.1 Å². The zero-order valence-electron chi connectivity index (χ0n) is 23.6. The molecule has 2 aromatic carbocycles. The van der Waals surface area contributed by atoms with Gasteiger partial charge in [-0.25, -0.2) is 13.4 Å². The number of hydrogen-bond acceptors (Lipinski definition) is 9.